The molecule has 1 fully saturated rings. The molecule has 0 aliphatic carbocycles. The first-order chi connectivity index (χ1) is 11.2. The summed E-state index contributed by atoms with van der Waals surface area (Å²) in [6.45, 7) is 4.48. The van der Waals surface area contributed by atoms with E-state index in [2.05, 4.69) is 10.3 Å². The molecule has 4 nitrogen and oxygen atoms in total. The van der Waals surface area contributed by atoms with Crippen molar-refractivity contribution in [2.45, 2.75) is 38.2 Å². The standard InChI is InChI=1S/C18H24N2O2S.ClH/c1-14-16(8-13-22-15-6-3-2-4-7-15)23-17(20-14)18(21)9-5-11-19-12-10-18;/h2-4,6-7,19,21H,5,8-13H2,1H3;1H. The number of hydrogen-bond donors (Lipinski definition) is 2. The van der Waals surface area contributed by atoms with Gasteiger partial charge in [-0.1, -0.05) is 18.2 Å². The van der Waals surface area contributed by atoms with Crippen molar-refractivity contribution in [2.24, 2.45) is 0 Å². The fourth-order valence-corrected chi connectivity index (χ4v) is 4.09. The SMILES string of the molecule is Cc1nc(C2(O)CCCNCC2)sc1CCOc1ccccc1.Cl. The van der Waals surface area contributed by atoms with Gasteiger partial charge in [0.15, 0.2) is 0 Å². The van der Waals surface area contributed by atoms with Gasteiger partial charge in [-0.05, 0) is 51.4 Å². The number of rotatable bonds is 5. The summed E-state index contributed by atoms with van der Waals surface area (Å²) in [6.07, 6.45) is 3.33. The number of thiazole rings is 1. The Morgan fingerprint density at radius 2 is 2.04 bits per heavy atom. The number of aryl methyl sites for hydroxylation is 1. The summed E-state index contributed by atoms with van der Waals surface area (Å²) in [4.78, 5) is 5.87. The van der Waals surface area contributed by atoms with Crippen LogP contribution in [-0.2, 0) is 12.0 Å². The highest BCUT2D eigenvalue weighted by Gasteiger charge is 2.33. The summed E-state index contributed by atoms with van der Waals surface area (Å²) in [7, 11) is 0. The van der Waals surface area contributed by atoms with Gasteiger partial charge >= 0.3 is 0 Å². The van der Waals surface area contributed by atoms with Crippen LogP contribution in [0, 0.1) is 6.92 Å². The molecule has 0 saturated carbocycles. The topological polar surface area (TPSA) is 54.4 Å². The summed E-state index contributed by atoms with van der Waals surface area (Å²) < 4.78 is 5.77. The van der Waals surface area contributed by atoms with E-state index in [4.69, 9.17) is 4.74 Å². The first-order valence-corrected chi connectivity index (χ1v) is 9.07. The monoisotopic (exact) mass is 368 g/mol. The average molecular weight is 369 g/mol. The fourth-order valence-electron chi connectivity index (χ4n) is 2.90. The Balaban J connectivity index is 0.00000208. The fraction of sp³-hybridized carbons (Fsp3) is 0.500. The van der Waals surface area contributed by atoms with E-state index in [1.807, 2.05) is 37.3 Å². The van der Waals surface area contributed by atoms with Gasteiger partial charge in [0.25, 0.3) is 0 Å². The Bertz CT molecular complexity index is 625. The van der Waals surface area contributed by atoms with Gasteiger partial charge in [0.1, 0.15) is 16.4 Å². The van der Waals surface area contributed by atoms with Crippen LogP contribution in [0.15, 0.2) is 30.3 Å². The Kier molecular flexibility index (Phi) is 7.04. The van der Waals surface area contributed by atoms with Crippen molar-refractivity contribution < 1.29 is 9.84 Å². The van der Waals surface area contributed by atoms with Crippen LogP contribution < -0.4 is 10.1 Å². The van der Waals surface area contributed by atoms with E-state index in [0.29, 0.717) is 6.61 Å². The van der Waals surface area contributed by atoms with Gasteiger partial charge in [0.05, 0.1) is 12.3 Å². The number of nitrogens with one attached hydrogen (secondary N) is 1. The summed E-state index contributed by atoms with van der Waals surface area (Å²) in [5.41, 5.74) is 0.254. The minimum atomic E-state index is -0.766. The van der Waals surface area contributed by atoms with Gasteiger partial charge in [-0.15, -0.1) is 23.7 Å². The third-order valence-electron chi connectivity index (χ3n) is 4.29. The maximum absolute atomic E-state index is 10.9. The maximum atomic E-state index is 10.9. The van der Waals surface area contributed by atoms with E-state index in [-0.39, 0.29) is 12.4 Å². The highest BCUT2D eigenvalue weighted by Crippen LogP contribution is 2.35. The van der Waals surface area contributed by atoms with E-state index in [9.17, 15) is 5.11 Å². The molecule has 1 aromatic heterocycles. The first kappa shape index (κ1) is 19.2. The molecule has 0 radical (unpaired) electrons. The van der Waals surface area contributed by atoms with Crippen LogP contribution in [0.3, 0.4) is 0 Å². The van der Waals surface area contributed by atoms with Crippen molar-refractivity contribution in [3.8, 4) is 5.75 Å². The Hall–Kier alpha value is -1.14. The third kappa shape index (κ3) is 4.70. The lowest BCUT2D eigenvalue weighted by atomic mass is 9.96. The molecule has 1 unspecified atom stereocenters. The number of halogens is 1. The molecular formula is C18H25ClN2O2S. The largest absolute Gasteiger partial charge is 0.493 e. The quantitative estimate of drug-likeness (QED) is 0.848. The van der Waals surface area contributed by atoms with E-state index >= 15 is 0 Å². The van der Waals surface area contributed by atoms with Crippen molar-refractivity contribution in [2.75, 3.05) is 19.7 Å². The van der Waals surface area contributed by atoms with Crippen LogP contribution in [0.5, 0.6) is 5.75 Å². The Labute approximate surface area is 153 Å². The predicted octanol–water partition coefficient (Wildman–Crippen LogP) is 3.46. The number of aliphatic hydroxyl groups is 1. The molecule has 0 amide bonds. The summed E-state index contributed by atoms with van der Waals surface area (Å²) in [5.74, 6) is 0.892. The van der Waals surface area contributed by atoms with Gasteiger partial charge in [-0.25, -0.2) is 4.98 Å². The highest BCUT2D eigenvalue weighted by molar-refractivity contribution is 7.11. The minimum absolute atomic E-state index is 0. The maximum Gasteiger partial charge on any atom is 0.125 e. The second-order valence-electron chi connectivity index (χ2n) is 6.07. The third-order valence-corrected chi connectivity index (χ3v) is 5.70. The lowest BCUT2D eigenvalue weighted by Crippen LogP contribution is -2.27. The average Bonchev–Trinajstić information content (AvgIpc) is 2.79. The van der Waals surface area contributed by atoms with Gasteiger partial charge in [0, 0.05) is 11.3 Å². The molecule has 6 heteroatoms. The molecule has 1 aliphatic heterocycles. The highest BCUT2D eigenvalue weighted by atomic mass is 35.5. The summed E-state index contributed by atoms with van der Waals surface area (Å²) >= 11 is 1.64. The molecule has 1 aromatic carbocycles. The van der Waals surface area contributed by atoms with Crippen molar-refractivity contribution >= 4 is 23.7 Å². The molecule has 3 rings (SSSR count). The van der Waals surface area contributed by atoms with Crippen molar-refractivity contribution in [1.82, 2.24) is 10.3 Å². The zero-order valence-corrected chi connectivity index (χ0v) is 15.6. The first-order valence-electron chi connectivity index (χ1n) is 8.25. The smallest absolute Gasteiger partial charge is 0.125 e. The summed E-state index contributed by atoms with van der Waals surface area (Å²) in [6, 6.07) is 9.86. The minimum Gasteiger partial charge on any atom is -0.493 e. The number of benzene rings is 1. The number of aromatic nitrogens is 1. The van der Waals surface area contributed by atoms with E-state index in [1.54, 1.807) is 11.3 Å². The zero-order valence-electron chi connectivity index (χ0n) is 14.0. The van der Waals surface area contributed by atoms with Crippen LogP contribution in [-0.4, -0.2) is 29.8 Å². The lowest BCUT2D eigenvalue weighted by Gasteiger charge is -2.23. The predicted molar refractivity (Wildman–Crippen MR) is 100 cm³/mol. The Morgan fingerprint density at radius 1 is 1.25 bits per heavy atom. The van der Waals surface area contributed by atoms with Gasteiger partial charge < -0.3 is 15.2 Å². The van der Waals surface area contributed by atoms with Gasteiger partial charge in [0.2, 0.25) is 0 Å². The van der Waals surface area contributed by atoms with Crippen LogP contribution >= 0.6 is 23.7 Å². The molecule has 1 atom stereocenters. The molecule has 1 saturated heterocycles. The Morgan fingerprint density at radius 3 is 2.83 bits per heavy atom. The second kappa shape index (κ2) is 8.81. The van der Waals surface area contributed by atoms with E-state index in [0.717, 1.165) is 55.2 Å². The van der Waals surface area contributed by atoms with Crippen molar-refractivity contribution in [3.05, 3.63) is 45.9 Å². The molecule has 2 heterocycles. The van der Waals surface area contributed by atoms with Crippen LogP contribution in [0.2, 0.25) is 0 Å². The summed E-state index contributed by atoms with van der Waals surface area (Å²) in [5, 5.41) is 15.2. The van der Waals surface area contributed by atoms with Gasteiger partial charge in [-0.3, -0.25) is 0 Å². The van der Waals surface area contributed by atoms with E-state index < -0.39 is 5.60 Å². The van der Waals surface area contributed by atoms with Crippen molar-refractivity contribution in [1.29, 1.82) is 0 Å². The van der Waals surface area contributed by atoms with Crippen LogP contribution in [0.25, 0.3) is 0 Å². The number of hydrogen-bond acceptors (Lipinski definition) is 5. The molecule has 2 aromatic rings. The molecule has 132 valence electrons. The van der Waals surface area contributed by atoms with Crippen LogP contribution in [0.4, 0.5) is 0 Å². The number of para-hydroxylation sites is 1. The molecule has 1 aliphatic rings. The second-order valence-corrected chi connectivity index (χ2v) is 7.16. The van der Waals surface area contributed by atoms with Crippen LogP contribution in [0.1, 0.15) is 34.8 Å². The van der Waals surface area contributed by atoms with Gasteiger partial charge in [-0.2, -0.15) is 0 Å². The molecular weight excluding hydrogens is 344 g/mol. The normalized spacial score (nSPS) is 20.9. The molecule has 0 spiro atoms. The van der Waals surface area contributed by atoms with Crippen molar-refractivity contribution in [3.63, 3.8) is 0 Å². The van der Waals surface area contributed by atoms with E-state index in [1.165, 1.54) is 4.88 Å². The number of ether oxygens (including phenoxy) is 1. The number of nitrogens with zero attached hydrogens (tertiary/aromatic N) is 1. The molecule has 0 bridgehead atoms. The lowest BCUT2D eigenvalue weighted by molar-refractivity contribution is 0.0237. The molecule has 2 N–H and O–H groups in total. The molecule has 24 heavy (non-hydrogen) atoms. The zero-order chi connectivity index (χ0) is 16.1.